The fourth-order valence-electron chi connectivity index (χ4n) is 4.29. The van der Waals surface area contributed by atoms with Gasteiger partial charge in [0.25, 0.3) is 0 Å². The Morgan fingerprint density at radius 2 is 1.92 bits per heavy atom. The molecule has 2 atom stereocenters. The molecule has 2 aliphatic rings. The lowest BCUT2D eigenvalue weighted by Gasteiger charge is -2.44. The molecule has 26 heavy (non-hydrogen) atoms. The number of hydrogen-bond donors (Lipinski definition) is 1. The third-order valence-corrected chi connectivity index (χ3v) is 6.24. The van der Waals surface area contributed by atoms with E-state index < -0.39 is 5.56 Å². The molecule has 2 aromatic carbocycles. The van der Waals surface area contributed by atoms with E-state index in [-0.39, 0.29) is 5.54 Å². The van der Waals surface area contributed by atoms with Crippen molar-refractivity contribution in [3.8, 4) is 0 Å². The monoisotopic (exact) mass is 390 g/mol. The second-order valence-electron chi connectivity index (χ2n) is 7.11. The van der Waals surface area contributed by atoms with E-state index in [0.29, 0.717) is 11.6 Å². The molecule has 0 spiro atoms. The van der Waals surface area contributed by atoms with Gasteiger partial charge in [0, 0.05) is 31.2 Å². The number of ether oxygens (including phenoxy) is 1. The lowest BCUT2D eigenvalue weighted by molar-refractivity contribution is -0.0285. The highest BCUT2D eigenvalue weighted by atomic mass is 35.5. The third-order valence-electron chi connectivity index (χ3n) is 5.63. The molecule has 1 aliphatic heterocycles. The van der Waals surface area contributed by atoms with E-state index in [1.807, 2.05) is 24.3 Å². The Hall–Kier alpha value is -1.10. The van der Waals surface area contributed by atoms with Gasteiger partial charge in [-0.15, -0.1) is 0 Å². The summed E-state index contributed by atoms with van der Waals surface area (Å²) in [6.07, 6.45) is 2.17. The second kappa shape index (κ2) is 7.87. The standard InChI is InChI=1S/C21H24Cl2N2O/c22-18-6-3-5-17(14-18)20(23)26-15-21(25-12-10-24-11-13-25)9-8-16-4-1-2-7-19(16)21/h1-7,14,20,24H,8-13,15H2/t20?,21-/m1/s1. The number of aryl methyl sites for hydroxylation is 1. The maximum absolute atomic E-state index is 6.57. The van der Waals surface area contributed by atoms with Crippen molar-refractivity contribution in [3.05, 3.63) is 70.2 Å². The van der Waals surface area contributed by atoms with Crippen LogP contribution in [-0.2, 0) is 16.7 Å². The largest absolute Gasteiger partial charge is 0.356 e. The van der Waals surface area contributed by atoms with Crippen LogP contribution in [0, 0.1) is 0 Å². The third kappa shape index (κ3) is 3.51. The summed E-state index contributed by atoms with van der Waals surface area (Å²) in [6.45, 7) is 4.68. The number of fused-ring (bicyclic) bond motifs is 1. The molecular weight excluding hydrogens is 367 g/mol. The van der Waals surface area contributed by atoms with Gasteiger partial charge in [0.05, 0.1) is 12.1 Å². The van der Waals surface area contributed by atoms with E-state index in [1.165, 1.54) is 11.1 Å². The summed E-state index contributed by atoms with van der Waals surface area (Å²) in [5, 5.41) is 4.13. The smallest absolute Gasteiger partial charge is 0.156 e. The topological polar surface area (TPSA) is 24.5 Å². The summed E-state index contributed by atoms with van der Waals surface area (Å²) in [4.78, 5) is 2.58. The Labute approximate surface area is 165 Å². The van der Waals surface area contributed by atoms with Gasteiger partial charge >= 0.3 is 0 Å². The first-order chi connectivity index (χ1) is 12.7. The SMILES string of the molecule is Clc1cccc(C(Cl)OC[C@]2(N3CCNCC3)CCc3ccccc32)c1. The summed E-state index contributed by atoms with van der Waals surface area (Å²) in [5.41, 5.74) is 3.15. The van der Waals surface area contributed by atoms with E-state index in [2.05, 4.69) is 34.5 Å². The molecule has 0 radical (unpaired) electrons. The van der Waals surface area contributed by atoms with E-state index in [4.69, 9.17) is 27.9 Å². The van der Waals surface area contributed by atoms with Gasteiger partial charge < -0.3 is 10.1 Å². The van der Waals surface area contributed by atoms with Crippen molar-refractivity contribution in [1.29, 1.82) is 0 Å². The number of benzene rings is 2. The van der Waals surface area contributed by atoms with Crippen molar-refractivity contribution in [2.45, 2.75) is 23.9 Å². The Bertz CT molecular complexity index is 763. The maximum atomic E-state index is 6.57. The average Bonchev–Trinajstić information content (AvgIpc) is 3.07. The van der Waals surface area contributed by atoms with Crippen molar-refractivity contribution in [3.63, 3.8) is 0 Å². The Morgan fingerprint density at radius 3 is 2.73 bits per heavy atom. The second-order valence-corrected chi connectivity index (χ2v) is 7.94. The van der Waals surface area contributed by atoms with E-state index in [1.54, 1.807) is 0 Å². The normalized spacial score (nSPS) is 24.4. The fourth-order valence-corrected chi connectivity index (χ4v) is 4.68. The number of halogens is 2. The minimum absolute atomic E-state index is 0.0928. The molecule has 1 fully saturated rings. The van der Waals surface area contributed by atoms with Gasteiger partial charge in [-0.25, -0.2) is 0 Å². The zero-order valence-electron chi connectivity index (χ0n) is 14.8. The quantitative estimate of drug-likeness (QED) is 0.768. The lowest BCUT2D eigenvalue weighted by Crippen LogP contribution is -2.55. The molecule has 5 heteroatoms. The van der Waals surface area contributed by atoms with Crippen LogP contribution in [0.15, 0.2) is 48.5 Å². The van der Waals surface area contributed by atoms with Gasteiger partial charge in [0.15, 0.2) is 5.56 Å². The van der Waals surface area contributed by atoms with Crippen molar-refractivity contribution in [1.82, 2.24) is 10.2 Å². The van der Waals surface area contributed by atoms with E-state index in [9.17, 15) is 0 Å². The number of piperazine rings is 1. The highest BCUT2D eigenvalue weighted by Crippen LogP contribution is 2.43. The Kier molecular flexibility index (Phi) is 5.53. The number of nitrogens with zero attached hydrogens (tertiary/aromatic N) is 1. The predicted molar refractivity (Wildman–Crippen MR) is 107 cm³/mol. The van der Waals surface area contributed by atoms with Gasteiger partial charge in [0.1, 0.15) is 0 Å². The molecule has 0 aromatic heterocycles. The van der Waals surface area contributed by atoms with Crippen LogP contribution in [0.25, 0.3) is 0 Å². The molecule has 1 aliphatic carbocycles. The fraction of sp³-hybridized carbons (Fsp3) is 0.429. The molecule has 3 nitrogen and oxygen atoms in total. The van der Waals surface area contributed by atoms with E-state index in [0.717, 1.165) is 44.6 Å². The molecule has 0 amide bonds. The van der Waals surface area contributed by atoms with E-state index >= 15 is 0 Å². The summed E-state index contributed by atoms with van der Waals surface area (Å²) in [7, 11) is 0. The molecule has 1 unspecified atom stereocenters. The number of hydrogen-bond acceptors (Lipinski definition) is 3. The first-order valence-electron chi connectivity index (χ1n) is 9.24. The highest BCUT2D eigenvalue weighted by molar-refractivity contribution is 6.30. The van der Waals surface area contributed by atoms with Gasteiger partial charge in [0.2, 0.25) is 0 Å². The van der Waals surface area contributed by atoms with Crippen LogP contribution in [0.5, 0.6) is 0 Å². The summed E-state index contributed by atoms with van der Waals surface area (Å²) in [6, 6.07) is 16.4. The summed E-state index contributed by atoms with van der Waals surface area (Å²) in [5.74, 6) is 0. The Balaban J connectivity index is 1.58. The van der Waals surface area contributed by atoms with Gasteiger partial charge in [-0.1, -0.05) is 59.6 Å². The van der Waals surface area contributed by atoms with Crippen LogP contribution >= 0.6 is 23.2 Å². The summed E-state index contributed by atoms with van der Waals surface area (Å²) < 4.78 is 6.23. The van der Waals surface area contributed by atoms with Gasteiger partial charge in [-0.05, 0) is 41.7 Å². The van der Waals surface area contributed by atoms with Gasteiger partial charge in [-0.2, -0.15) is 0 Å². The highest BCUT2D eigenvalue weighted by Gasteiger charge is 2.44. The summed E-state index contributed by atoms with van der Waals surface area (Å²) >= 11 is 12.7. The first kappa shape index (κ1) is 18.3. The average molecular weight is 391 g/mol. The van der Waals surface area contributed by atoms with Crippen molar-refractivity contribution in [2.75, 3.05) is 32.8 Å². The molecule has 1 heterocycles. The van der Waals surface area contributed by atoms with Crippen LogP contribution in [0.4, 0.5) is 0 Å². The molecule has 1 saturated heterocycles. The van der Waals surface area contributed by atoms with Crippen LogP contribution in [-0.4, -0.2) is 37.7 Å². The molecule has 138 valence electrons. The van der Waals surface area contributed by atoms with Crippen molar-refractivity contribution >= 4 is 23.2 Å². The van der Waals surface area contributed by atoms with Crippen LogP contribution in [0.2, 0.25) is 5.02 Å². The molecule has 4 rings (SSSR count). The number of nitrogens with one attached hydrogen (secondary N) is 1. The maximum Gasteiger partial charge on any atom is 0.156 e. The molecule has 0 bridgehead atoms. The van der Waals surface area contributed by atoms with Crippen LogP contribution < -0.4 is 5.32 Å². The van der Waals surface area contributed by atoms with Crippen LogP contribution in [0.1, 0.15) is 28.7 Å². The van der Waals surface area contributed by atoms with Crippen molar-refractivity contribution in [2.24, 2.45) is 0 Å². The van der Waals surface area contributed by atoms with Gasteiger partial charge in [-0.3, -0.25) is 4.90 Å². The van der Waals surface area contributed by atoms with Crippen LogP contribution in [0.3, 0.4) is 0 Å². The zero-order valence-corrected chi connectivity index (χ0v) is 16.3. The number of alkyl halides is 1. The molecular formula is C21H24Cl2N2O. The minimum atomic E-state index is -0.499. The Morgan fingerprint density at radius 1 is 1.12 bits per heavy atom. The molecule has 2 aromatic rings. The first-order valence-corrected chi connectivity index (χ1v) is 10.1. The molecule has 1 N–H and O–H groups in total. The lowest BCUT2D eigenvalue weighted by atomic mass is 9.89. The van der Waals surface area contributed by atoms with Crippen molar-refractivity contribution < 1.29 is 4.74 Å². The minimum Gasteiger partial charge on any atom is -0.356 e. The predicted octanol–water partition coefficient (Wildman–Crippen LogP) is 4.34. The zero-order chi connectivity index (χ0) is 18.0. The molecule has 0 saturated carbocycles. The number of rotatable bonds is 5.